The summed E-state index contributed by atoms with van der Waals surface area (Å²) < 4.78 is 10.2. The number of oxime groups is 1. The predicted molar refractivity (Wildman–Crippen MR) is 70.6 cm³/mol. The summed E-state index contributed by atoms with van der Waals surface area (Å²) in [6.45, 7) is 4.01. The number of ether oxygens (including phenoxy) is 2. The van der Waals surface area contributed by atoms with Crippen molar-refractivity contribution in [2.75, 3.05) is 47.1 Å². The van der Waals surface area contributed by atoms with E-state index in [1.807, 2.05) is 23.9 Å². The highest BCUT2D eigenvalue weighted by atomic mass is 16.6. The molecule has 8 nitrogen and oxygen atoms in total. The van der Waals surface area contributed by atoms with E-state index in [1.165, 1.54) is 0 Å². The molecule has 0 radical (unpaired) electrons. The molecule has 1 fully saturated rings. The largest absolute Gasteiger partial charge is 0.461 e. The summed E-state index contributed by atoms with van der Waals surface area (Å²) in [5.74, 6) is -0.775. The molecule has 112 valence electrons. The van der Waals surface area contributed by atoms with Crippen LogP contribution >= 0.6 is 0 Å². The first-order valence-electron chi connectivity index (χ1n) is 6.36. The van der Waals surface area contributed by atoms with Crippen LogP contribution in [0.5, 0.6) is 0 Å². The molecule has 0 amide bonds. The van der Waals surface area contributed by atoms with E-state index >= 15 is 0 Å². The molecule has 20 heavy (non-hydrogen) atoms. The first kappa shape index (κ1) is 16.4. The normalized spacial score (nSPS) is 20.6. The zero-order valence-corrected chi connectivity index (χ0v) is 12.0. The van der Waals surface area contributed by atoms with Crippen molar-refractivity contribution in [2.45, 2.75) is 13.2 Å². The second-order valence-electron chi connectivity index (χ2n) is 4.40. The first-order valence-corrected chi connectivity index (χ1v) is 6.36. The minimum Gasteiger partial charge on any atom is -0.461 e. The molecule has 0 aliphatic carbocycles. The number of likely N-dealkylation sites (N-methyl/N-ethyl adjacent to an activating group) is 1. The maximum atomic E-state index is 11.3. The summed E-state index contributed by atoms with van der Waals surface area (Å²) in [6, 6.07) is 1.65. The molecule has 1 unspecified atom stereocenters. The fraction of sp³-hybridized carbons (Fsp3) is 0.750. The summed E-state index contributed by atoms with van der Waals surface area (Å²) in [5, 5.41) is 12.3. The molecule has 0 aromatic rings. The smallest absolute Gasteiger partial charge is 0.371 e. The summed E-state index contributed by atoms with van der Waals surface area (Å²) in [7, 11) is 3.86. The fourth-order valence-corrected chi connectivity index (χ4v) is 1.59. The number of hydrogen-bond acceptors (Lipinski definition) is 8. The lowest BCUT2D eigenvalue weighted by molar-refractivity contribution is -0.135. The molecular formula is C12H20N4O4. The highest BCUT2D eigenvalue weighted by molar-refractivity contribution is 6.42. The Balaban J connectivity index is 2.42. The molecule has 0 aromatic carbocycles. The van der Waals surface area contributed by atoms with Crippen molar-refractivity contribution >= 4 is 11.7 Å². The number of carbonyl (C=O) groups excluding carboxylic acids is 1. The SMILES string of the molecule is CCOC(=O)C(C#N)=NOCN1CCOC(N(C)C)C1. The number of hydrogen-bond donors (Lipinski definition) is 0. The van der Waals surface area contributed by atoms with Crippen LogP contribution in [0.1, 0.15) is 6.92 Å². The van der Waals surface area contributed by atoms with E-state index in [-0.39, 0.29) is 25.3 Å². The zero-order valence-electron chi connectivity index (χ0n) is 12.0. The Kier molecular flexibility index (Phi) is 6.93. The van der Waals surface area contributed by atoms with E-state index in [4.69, 9.17) is 14.8 Å². The number of carbonyl (C=O) groups is 1. The number of nitrogens with zero attached hydrogens (tertiary/aromatic N) is 4. The van der Waals surface area contributed by atoms with Crippen molar-refractivity contribution in [2.24, 2.45) is 5.16 Å². The summed E-state index contributed by atoms with van der Waals surface area (Å²) >= 11 is 0. The average Bonchev–Trinajstić information content (AvgIpc) is 2.44. The molecule has 0 spiro atoms. The van der Waals surface area contributed by atoms with Gasteiger partial charge >= 0.3 is 5.97 Å². The summed E-state index contributed by atoms with van der Waals surface area (Å²) in [6.07, 6.45) is -0.00294. The highest BCUT2D eigenvalue weighted by Gasteiger charge is 2.22. The van der Waals surface area contributed by atoms with E-state index in [1.54, 1.807) is 13.0 Å². The molecule has 1 aliphatic rings. The van der Waals surface area contributed by atoms with Crippen molar-refractivity contribution in [1.82, 2.24) is 9.80 Å². The third-order valence-electron chi connectivity index (χ3n) is 2.68. The van der Waals surface area contributed by atoms with Crippen molar-refractivity contribution in [3.8, 4) is 6.07 Å². The zero-order chi connectivity index (χ0) is 15.0. The van der Waals surface area contributed by atoms with Gasteiger partial charge in [-0.15, -0.1) is 0 Å². The predicted octanol–water partition coefficient (Wildman–Crippen LogP) is -0.377. The van der Waals surface area contributed by atoms with Gasteiger partial charge in [0.25, 0.3) is 5.71 Å². The van der Waals surface area contributed by atoms with Gasteiger partial charge in [0.1, 0.15) is 12.3 Å². The van der Waals surface area contributed by atoms with Crippen LogP contribution in [0.25, 0.3) is 0 Å². The Labute approximate surface area is 118 Å². The van der Waals surface area contributed by atoms with Crippen LogP contribution in [-0.2, 0) is 19.1 Å². The van der Waals surface area contributed by atoms with Crippen molar-refractivity contribution in [3.63, 3.8) is 0 Å². The van der Waals surface area contributed by atoms with Gasteiger partial charge in [0.2, 0.25) is 0 Å². The number of esters is 1. The third-order valence-corrected chi connectivity index (χ3v) is 2.68. The second kappa shape index (κ2) is 8.47. The summed E-state index contributed by atoms with van der Waals surface area (Å²) in [5.41, 5.74) is -0.385. The standard InChI is InChI=1S/C12H20N4O4/c1-4-18-12(17)10(7-13)14-20-9-16-5-6-19-11(8-16)15(2)3/h11H,4-6,8-9H2,1-3H3. The van der Waals surface area contributed by atoms with Crippen LogP contribution in [-0.4, -0.2) is 74.8 Å². The lowest BCUT2D eigenvalue weighted by Gasteiger charge is -2.35. The Bertz CT molecular complexity index is 391. The maximum Gasteiger partial charge on any atom is 0.371 e. The molecule has 0 aromatic heterocycles. The minimum absolute atomic E-state index is 0.00294. The molecule has 1 aliphatic heterocycles. The minimum atomic E-state index is -0.775. The quantitative estimate of drug-likeness (QED) is 0.373. The lowest BCUT2D eigenvalue weighted by Crippen LogP contribution is -2.49. The topological polar surface area (TPSA) is 87.4 Å². The molecule has 1 heterocycles. The van der Waals surface area contributed by atoms with Crippen LogP contribution in [0, 0.1) is 11.3 Å². The Morgan fingerprint density at radius 3 is 2.95 bits per heavy atom. The van der Waals surface area contributed by atoms with Gasteiger partial charge in [0, 0.05) is 13.1 Å². The summed E-state index contributed by atoms with van der Waals surface area (Å²) in [4.78, 5) is 20.3. The van der Waals surface area contributed by atoms with Crippen LogP contribution < -0.4 is 0 Å². The highest BCUT2D eigenvalue weighted by Crippen LogP contribution is 2.06. The number of rotatable bonds is 6. The average molecular weight is 284 g/mol. The van der Waals surface area contributed by atoms with Gasteiger partial charge in [-0.05, 0) is 21.0 Å². The van der Waals surface area contributed by atoms with Crippen molar-refractivity contribution < 1.29 is 19.1 Å². The Morgan fingerprint density at radius 1 is 1.60 bits per heavy atom. The van der Waals surface area contributed by atoms with Gasteiger partial charge in [0.05, 0.1) is 13.2 Å². The molecule has 8 heteroatoms. The van der Waals surface area contributed by atoms with Crippen LogP contribution in [0.2, 0.25) is 0 Å². The molecular weight excluding hydrogens is 264 g/mol. The molecule has 0 saturated carbocycles. The van der Waals surface area contributed by atoms with Gasteiger partial charge < -0.3 is 14.3 Å². The molecule has 1 saturated heterocycles. The molecule has 0 bridgehead atoms. The number of nitriles is 1. The van der Waals surface area contributed by atoms with Gasteiger partial charge in [-0.1, -0.05) is 5.16 Å². The van der Waals surface area contributed by atoms with E-state index in [2.05, 4.69) is 9.89 Å². The van der Waals surface area contributed by atoms with Crippen LogP contribution in [0.3, 0.4) is 0 Å². The third kappa shape index (κ3) is 5.13. The lowest BCUT2D eigenvalue weighted by atomic mass is 10.4. The van der Waals surface area contributed by atoms with Gasteiger partial charge in [-0.25, -0.2) is 4.79 Å². The Morgan fingerprint density at radius 2 is 2.35 bits per heavy atom. The molecule has 1 rings (SSSR count). The van der Waals surface area contributed by atoms with Crippen molar-refractivity contribution in [1.29, 1.82) is 5.26 Å². The van der Waals surface area contributed by atoms with Crippen LogP contribution in [0.15, 0.2) is 5.16 Å². The first-order chi connectivity index (χ1) is 9.58. The monoisotopic (exact) mass is 284 g/mol. The number of morpholine rings is 1. The van der Waals surface area contributed by atoms with Gasteiger partial charge in [-0.2, -0.15) is 5.26 Å². The van der Waals surface area contributed by atoms with Crippen LogP contribution in [0.4, 0.5) is 0 Å². The Hall–Kier alpha value is -1.69. The van der Waals surface area contributed by atoms with E-state index < -0.39 is 5.97 Å². The van der Waals surface area contributed by atoms with Crippen molar-refractivity contribution in [3.05, 3.63) is 0 Å². The van der Waals surface area contributed by atoms with E-state index in [0.717, 1.165) is 0 Å². The molecule has 1 atom stereocenters. The second-order valence-corrected chi connectivity index (χ2v) is 4.40. The maximum absolute atomic E-state index is 11.3. The van der Waals surface area contributed by atoms with E-state index in [9.17, 15) is 4.79 Å². The van der Waals surface area contributed by atoms with Gasteiger partial charge in [-0.3, -0.25) is 9.80 Å². The fourth-order valence-electron chi connectivity index (χ4n) is 1.59. The van der Waals surface area contributed by atoms with Gasteiger partial charge in [0.15, 0.2) is 6.73 Å². The van der Waals surface area contributed by atoms with E-state index in [0.29, 0.717) is 19.7 Å². The molecule has 0 N–H and O–H groups in total.